The predicted octanol–water partition coefficient (Wildman–Crippen LogP) is 2.53. The van der Waals surface area contributed by atoms with Gasteiger partial charge in [-0.3, -0.25) is 0 Å². The number of aromatic nitrogens is 2. The van der Waals surface area contributed by atoms with E-state index in [0.29, 0.717) is 24.9 Å². The molecule has 1 heterocycles. The maximum absolute atomic E-state index is 5.54. The van der Waals surface area contributed by atoms with Crippen molar-refractivity contribution in [2.24, 2.45) is 0 Å². The van der Waals surface area contributed by atoms with Gasteiger partial charge in [-0.1, -0.05) is 35.5 Å². The molecule has 0 aliphatic rings. The maximum Gasteiger partial charge on any atom is 0.252 e. The van der Waals surface area contributed by atoms with E-state index in [1.807, 2.05) is 30.3 Å². The third kappa shape index (κ3) is 3.05. The van der Waals surface area contributed by atoms with Gasteiger partial charge in [-0.25, -0.2) is 0 Å². The topological polar surface area (TPSA) is 48.2 Å². The SMILES string of the molecule is ClCc1noc(COCc2ccccc2)n1. The highest BCUT2D eigenvalue weighted by Gasteiger charge is 2.04. The smallest absolute Gasteiger partial charge is 0.252 e. The van der Waals surface area contributed by atoms with Crippen LogP contribution in [0, 0.1) is 0 Å². The monoisotopic (exact) mass is 238 g/mol. The summed E-state index contributed by atoms with van der Waals surface area (Å²) < 4.78 is 10.3. The molecule has 1 aromatic heterocycles. The number of hydrogen-bond donors (Lipinski definition) is 0. The van der Waals surface area contributed by atoms with E-state index in [4.69, 9.17) is 20.9 Å². The molecule has 2 rings (SSSR count). The van der Waals surface area contributed by atoms with Crippen molar-refractivity contribution in [1.29, 1.82) is 0 Å². The van der Waals surface area contributed by atoms with E-state index in [0.717, 1.165) is 5.56 Å². The first-order valence-electron chi connectivity index (χ1n) is 4.87. The first-order chi connectivity index (χ1) is 7.88. The molecule has 0 N–H and O–H groups in total. The van der Waals surface area contributed by atoms with Crippen LogP contribution in [0.4, 0.5) is 0 Å². The van der Waals surface area contributed by atoms with Gasteiger partial charge in [0, 0.05) is 0 Å². The molecule has 0 saturated heterocycles. The standard InChI is InChI=1S/C11H11ClN2O2/c12-6-10-13-11(16-14-10)8-15-7-9-4-2-1-3-5-9/h1-5H,6-8H2. The molecule has 0 aliphatic carbocycles. The Labute approximate surface area is 98.2 Å². The summed E-state index contributed by atoms with van der Waals surface area (Å²) in [7, 11) is 0. The van der Waals surface area contributed by atoms with Crippen molar-refractivity contribution in [2.75, 3.05) is 0 Å². The van der Waals surface area contributed by atoms with Crippen LogP contribution in [0.2, 0.25) is 0 Å². The minimum absolute atomic E-state index is 0.252. The van der Waals surface area contributed by atoms with Crippen molar-refractivity contribution in [3.63, 3.8) is 0 Å². The van der Waals surface area contributed by atoms with Crippen LogP contribution >= 0.6 is 11.6 Å². The quantitative estimate of drug-likeness (QED) is 0.751. The summed E-state index contributed by atoms with van der Waals surface area (Å²) in [6.45, 7) is 0.832. The molecule has 0 atom stereocenters. The second-order valence-corrected chi connectivity index (χ2v) is 3.48. The molecule has 16 heavy (non-hydrogen) atoms. The number of halogens is 1. The van der Waals surface area contributed by atoms with Gasteiger partial charge in [0.1, 0.15) is 6.61 Å². The molecular formula is C11H11ClN2O2. The molecule has 0 amide bonds. The van der Waals surface area contributed by atoms with Gasteiger partial charge in [-0.15, -0.1) is 11.6 Å². The van der Waals surface area contributed by atoms with E-state index in [-0.39, 0.29) is 5.88 Å². The van der Waals surface area contributed by atoms with Crippen molar-refractivity contribution in [1.82, 2.24) is 10.1 Å². The molecule has 5 heteroatoms. The number of benzene rings is 1. The Morgan fingerprint density at radius 2 is 2.00 bits per heavy atom. The third-order valence-electron chi connectivity index (χ3n) is 1.97. The van der Waals surface area contributed by atoms with Crippen LogP contribution in [0.5, 0.6) is 0 Å². The average Bonchev–Trinajstić information content (AvgIpc) is 2.78. The second-order valence-electron chi connectivity index (χ2n) is 3.22. The number of alkyl halides is 1. The van der Waals surface area contributed by atoms with E-state index >= 15 is 0 Å². The predicted molar refractivity (Wildman–Crippen MR) is 58.8 cm³/mol. The number of ether oxygens (including phenoxy) is 1. The summed E-state index contributed by atoms with van der Waals surface area (Å²) in [6, 6.07) is 9.90. The van der Waals surface area contributed by atoms with E-state index < -0.39 is 0 Å². The zero-order valence-corrected chi connectivity index (χ0v) is 9.35. The minimum atomic E-state index is 0.252. The molecule has 4 nitrogen and oxygen atoms in total. The van der Waals surface area contributed by atoms with E-state index in [1.165, 1.54) is 0 Å². The summed E-state index contributed by atoms with van der Waals surface area (Å²) in [6.07, 6.45) is 0. The van der Waals surface area contributed by atoms with Gasteiger partial charge < -0.3 is 9.26 Å². The van der Waals surface area contributed by atoms with Gasteiger partial charge in [-0.2, -0.15) is 4.98 Å². The van der Waals surface area contributed by atoms with E-state index in [2.05, 4.69) is 10.1 Å². The van der Waals surface area contributed by atoms with Gasteiger partial charge in [-0.05, 0) is 5.56 Å². The van der Waals surface area contributed by atoms with Crippen LogP contribution in [-0.4, -0.2) is 10.1 Å². The fourth-order valence-corrected chi connectivity index (χ4v) is 1.34. The van der Waals surface area contributed by atoms with Crippen LogP contribution in [0.3, 0.4) is 0 Å². The Morgan fingerprint density at radius 1 is 1.19 bits per heavy atom. The van der Waals surface area contributed by atoms with Crippen molar-refractivity contribution < 1.29 is 9.26 Å². The van der Waals surface area contributed by atoms with Crippen molar-refractivity contribution >= 4 is 11.6 Å². The van der Waals surface area contributed by atoms with E-state index in [9.17, 15) is 0 Å². The lowest BCUT2D eigenvalue weighted by Gasteiger charge is -2.00. The molecule has 0 fully saturated rings. The summed E-state index contributed by atoms with van der Waals surface area (Å²) in [5.41, 5.74) is 1.11. The molecule has 0 aliphatic heterocycles. The van der Waals surface area contributed by atoms with Crippen LogP contribution in [0.25, 0.3) is 0 Å². The first kappa shape index (κ1) is 11.1. The summed E-state index contributed by atoms with van der Waals surface area (Å²) in [5, 5.41) is 3.66. The van der Waals surface area contributed by atoms with Crippen molar-refractivity contribution in [3.05, 3.63) is 47.6 Å². The Kier molecular flexibility index (Phi) is 3.91. The zero-order chi connectivity index (χ0) is 11.2. The lowest BCUT2D eigenvalue weighted by molar-refractivity contribution is 0.0850. The van der Waals surface area contributed by atoms with Crippen LogP contribution in [-0.2, 0) is 23.8 Å². The molecule has 0 saturated carbocycles. The fraction of sp³-hybridized carbons (Fsp3) is 0.273. The Morgan fingerprint density at radius 3 is 2.69 bits per heavy atom. The normalized spacial score (nSPS) is 10.6. The van der Waals surface area contributed by atoms with Gasteiger partial charge >= 0.3 is 0 Å². The molecule has 0 radical (unpaired) electrons. The average molecular weight is 239 g/mol. The highest BCUT2D eigenvalue weighted by Crippen LogP contribution is 2.05. The largest absolute Gasteiger partial charge is 0.367 e. The Balaban J connectivity index is 1.80. The molecule has 0 bridgehead atoms. The Bertz CT molecular complexity index is 431. The van der Waals surface area contributed by atoms with Gasteiger partial charge in [0.2, 0.25) is 0 Å². The Hall–Kier alpha value is -1.39. The van der Waals surface area contributed by atoms with Crippen LogP contribution in [0.15, 0.2) is 34.9 Å². The molecule has 2 aromatic rings. The minimum Gasteiger partial charge on any atom is -0.367 e. The highest BCUT2D eigenvalue weighted by molar-refractivity contribution is 6.16. The van der Waals surface area contributed by atoms with Crippen LogP contribution < -0.4 is 0 Å². The molecule has 0 unspecified atom stereocenters. The van der Waals surface area contributed by atoms with Crippen LogP contribution in [0.1, 0.15) is 17.3 Å². The highest BCUT2D eigenvalue weighted by atomic mass is 35.5. The lowest BCUT2D eigenvalue weighted by atomic mass is 10.2. The molecule has 0 spiro atoms. The van der Waals surface area contributed by atoms with Gasteiger partial charge in [0.05, 0.1) is 12.5 Å². The van der Waals surface area contributed by atoms with E-state index in [1.54, 1.807) is 0 Å². The van der Waals surface area contributed by atoms with Crippen molar-refractivity contribution in [3.8, 4) is 0 Å². The number of nitrogens with zero attached hydrogens (tertiary/aromatic N) is 2. The molecule has 1 aromatic carbocycles. The van der Waals surface area contributed by atoms with Gasteiger partial charge in [0.15, 0.2) is 5.82 Å². The second kappa shape index (κ2) is 5.63. The maximum atomic E-state index is 5.54. The summed E-state index contributed by atoms with van der Waals surface area (Å²) >= 11 is 5.54. The first-order valence-corrected chi connectivity index (χ1v) is 5.41. The summed E-state index contributed by atoms with van der Waals surface area (Å²) in [4.78, 5) is 4.03. The fourth-order valence-electron chi connectivity index (χ4n) is 1.23. The third-order valence-corrected chi connectivity index (χ3v) is 2.21. The number of hydrogen-bond acceptors (Lipinski definition) is 4. The number of rotatable bonds is 5. The summed E-state index contributed by atoms with van der Waals surface area (Å²) in [5.74, 6) is 1.19. The van der Waals surface area contributed by atoms with Crippen molar-refractivity contribution in [2.45, 2.75) is 19.1 Å². The zero-order valence-electron chi connectivity index (χ0n) is 8.60. The molecular weight excluding hydrogens is 228 g/mol. The van der Waals surface area contributed by atoms with Gasteiger partial charge in [0.25, 0.3) is 5.89 Å². The lowest BCUT2D eigenvalue weighted by Crippen LogP contribution is -1.94. The molecule has 84 valence electrons.